The van der Waals surface area contributed by atoms with Gasteiger partial charge in [-0.25, -0.2) is 13.6 Å². The minimum atomic E-state index is -1.27. The summed E-state index contributed by atoms with van der Waals surface area (Å²) in [5, 5.41) is 9.55. The van der Waals surface area contributed by atoms with E-state index in [0.29, 0.717) is 11.8 Å². The Kier molecular flexibility index (Phi) is 8.41. The molecular weight excluding hydrogens is 536 g/mol. The number of nitrogens with zero attached hydrogens (tertiary/aromatic N) is 3. The molecule has 41 heavy (non-hydrogen) atoms. The maximum atomic E-state index is 14.2. The van der Waals surface area contributed by atoms with Crippen LogP contribution in [0.2, 0.25) is 0 Å². The lowest BCUT2D eigenvalue weighted by molar-refractivity contribution is -0.135. The van der Waals surface area contributed by atoms with Crippen molar-refractivity contribution in [3.63, 3.8) is 0 Å². The molecule has 0 saturated carbocycles. The summed E-state index contributed by atoms with van der Waals surface area (Å²) in [5.41, 5.74) is -1.57. The number of likely N-dealkylation sites (tertiary alicyclic amines) is 1. The fraction of sp³-hybridized carbons (Fsp3) is 0.414. The monoisotopic (exact) mass is 569 g/mol. The van der Waals surface area contributed by atoms with Crippen molar-refractivity contribution in [3.05, 3.63) is 71.7 Å². The highest BCUT2D eigenvalue weighted by molar-refractivity contribution is 5.94. The van der Waals surface area contributed by atoms with Crippen LogP contribution in [0.4, 0.5) is 13.6 Å². The molecule has 1 aliphatic heterocycles. The normalized spacial score (nSPS) is 19.8. The second kappa shape index (κ2) is 11.6. The lowest BCUT2D eigenvalue weighted by atomic mass is 9.76. The molecule has 218 valence electrons. The van der Waals surface area contributed by atoms with Crippen LogP contribution in [-0.4, -0.2) is 57.7 Å². The van der Waals surface area contributed by atoms with Crippen LogP contribution in [-0.2, 0) is 9.53 Å². The van der Waals surface area contributed by atoms with Gasteiger partial charge in [-0.05, 0) is 65.3 Å². The van der Waals surface area contributed by atoms with Gasteiger partial charge in [0.1, 0.15) is 17.2 Å². The maximum absolute atomic E-state index is 14.2. The van der Waals surface area contributed by atoms with E-state index in [9.17, 15) is 23.2 Å². The Morgan fingerprint density at radius 3 is 2.59 bits per heavy atom. The number of pyridine rings is 1. The molecular formula is C29H33F2N5O5. The predicted molar refractivity (Wildman–Crippen MR) is 144 cm³/mol. The Labute approximate surface area is 236 Å². The zero-order valence-electron chi connectivity index (χ0n) is 23.5. The van der Waals surface area contributed by atoms with Crippen molar-refractivity contribution >= 4 is 17.9 Å². The van der Waals surface area contributed by atoms with Crippen molar-refractivity contribution in [1.29, 1.82) is 0 Å². The number of piperidine rings is 1. The first-order chi connectivity index (χ1) is 19.3. The average Bonchev–Trinajstić information content (AvgIpc) is 3.39. The molecule has 1 saturated heterocycles. The first-order valence-corrected chi connectivity index (χ1v) is 13.2. The summed E-state index contributed by atoms with van der Waals surface area (Å²) in [6.45, 7) is 8.91. The van der Waals surface area contributed by atoms with Gasteiger partial charge in [0.05, 0.1) is 22.7 Å². The number of halogens is 2. The standard InChI is InChI=1S/C29H33F2N5O5/c1-17(21-8-6-7-12-32-21)33-26(38)29(5)16-36(27(39)40-28(2,3)4)13-11-24(29)34-25(37)22-15-23(41-35-22)19-10-9-18(30)14-20(19)31/h6-10,12,14-15,17,24H,11,13,16H2,1-5H3,(H,33,38)(H,34,37)/t17-,24?,29?/m1/s1. The summed E-state index contributed by atoms with van der Waals surface area (Å²) < 4.78 is 38.2. The van der Waals surface area contributed by atoms with E-state index in [1.165, 1.54) is 17.0 Å². The van der Waals surface area contributed by atoms with Crippen molar-refractivity contribution in [2.45, 2.75) is 58.7 Å². The second-order valence-electron chi connectivity index (χ2n) is 11.3. The summed E-state index contributed by atoms with van der Waals surface area (Å²) in [4.78, 5) is 45.6. The summed E-state index contributed by atoms with van der Waals surface area (Å²) in [6, 6.07) is 8.39. The predicted octanol–water partition coefficient (Wildman–Crippen LogP) is 4.64. The van der Waals surface area contributed by atoms with Crippen LogP contribution in [0.1, 0.15) is 63.3 Å². The van der Waals surface area contributed by atoms with Crippen molar-refractivity contribution in [2.24, 2.45) is 5.41 Å². The van der Waals surface area contributed by atoms with Gasteiger partial charge in [-0.3, -0.25) is 14.6 Å². The van der Waals surface area contributed by atoms with E-state index in [0.717, 1.165) is 6.07 Å². The molecule has 0 aliphatic carbocycles. The van der Waals surface area contributed by atoms with Gasteiger partial charge in [-0.2, -0.15) is 0 Å². The van der Waals surface area contributed by atoms with E-state index in [4.69, 9.17) is 9.26 Å². The smallest absolute Gasteiger partial charge is 0.410 e. The van der Waals surface area contributed by atoms with Gasteiger partial charge in [-0.15, -0.1) is 0 Å². The summed E-state index contributed by atoms with van der Waals surface area (Å²) >= 11 is 0. The van der Waals surface area contributed by atoms with E-state index >= 15 is 0 Å². The van der Waals surface area contributed by atoms with Crippen LogP contribution in [0, 0.1) is 17.0 Å². The quantitative estimate of drug-likeness (QED) is 0.443. The van der Waals surface area contributed by atoms with Crippen molar-refractivity contribution in [3.8, 4) is 11.3 Å². The lowest BCUT2D eigenvalue weighted by Crippen LogP contribution is -2.63. The molecule has 1 fully saturated rings. The molecule has 3 atom stereocenters. The molecule has 12 heteroatoms. The van der Waals surface area contributed by atoms with Crippen LogP contribution in [0.3, 0.4) is 0 Å². The van der Waals surface area contributed by atoms with E-state index in [2.05, 4.69) is 20.8 Å². The Bertz CT molecular complexity index is 1420. The number of hydrogen-bond donors (Lipinski definition) is 2. The number of amides is 3. The Balaban J connectivity index is 1.56. The molecule has 2 aromatic heterocycles. The number of hydrogen-bond acceptors (Lipinski definition) is 7. The zero-order valence-corrected chi connectivity index (χ0v) is 23.5. The first-order valence-electron chi connectivity index (χ1n) is 13.2. The minimum absolute atomic E-state index is 0.0293. The molecule has 10 nitrogen and oxygen atoms in total. The molecule has 2 unspecified atom stereocenters. The fourth-order valence-corrected chi connectivity index (χ4v) is 4.63. The SMILES string of the molecule is C[C@@H](NC(=O)C1(C)CN(C(=O)OC(C)(C)C)CCC1NC(=O)c1cc(-c2ccc(F)cc2F)on1)c1ccccn1. The van der Waals surface area contributed by atoms with Gasteiger partial charge in [0.2, 0.25) is 5.91 Å². The van der Waals surface area contributed by atoms with Gasteiger partial charge in [-0.1, -0.05) is 11.2 Å². The molecule has 3 aromatic rings. The third-order valence-corrected chi connectivity index (χ3v) is 6.87. The highest BCUT2D eigenvalue weighted by atomic mass is 19.1. The first kappa shape index (κ1) is 29.6. The summed E-state index contributed by atoms with van der Waals surface area (Å²) in [6.07, 6.45) is 1.29. The number of rotatable bonds is 6. The molecule has 0 bridgehead atoms. The Morgan fingerprint density at radius 1 is 1.17 bits per heavy atom. The Hall–Kier alpha value is -4.35. The molecule has 0 radical (unpaired) electrons. The van der Waals surface area contributed by atoms with E-state index in [1.54, 1.807) is 52.9 Å². The van der Waals surface area contributed by atoms with Gasteiger partial charge in [0.15, 0.2) is 11.5 Å². The lowest BCUT2D eigenvalue weighted by Gasteiger charge is -2.45. The third kappa shape index (κ3) is 6.87. The molecule has 4 rings (SSSR count). The number of benzene rings is 1. The van der Waals surface area contributed by atoms with E-state index in [1.807, 2.05) is 6.07 Å². The Morgan fingerprint density at radius 2 is 1.93 bits per heavy atom. The number of aromatic nitrogens is 2. The summed E-state index contributed by atoms with van der Waals surface area (Å²) in [7, 11) is 0. The summed E-state index contributed by atoms with van der Waals surface area (Å²) in [5.74, 6) is -2.74. The van der Waals surface area contributed by atoms with Crippen LogP contribution in [0.25, 0.3) is 11.3 Å². The molecule has 1 aliphatic rings. The molecule has 0 spiro atoms. The molecule has 2 N–H and O–H groups in total. The highest BCUT2D eigenvalue weighted by Crippen LogP contribution is 2.33. The largest absolute Gasteiger partial charge is 0.444 e. The molecule has 3 amide bonds. The van der Waals surface area contributed by atoms with Crippen LogP contribution >= 0.6 is 0 Å². The number of ether oxygens (including phenoxy) is 1. The van der Waals surface area contributed by atoms with Crippen molar-refractivity contribution < 1.29 is 32.4 Å². The number of nitrogens with one attached hydrogen (secondary N) is 2. The highest BCUT2D eigenvalue weighted by Gasteiger charge is 2.48. The topological polar surface area (TPSA) is 127 Å². The second-order valence-corrected chi connectivity index (χ2v) is 11.3. The third-order valence-electron chi connectivity index (χ3n) is 6.87. The van der Waals surface area contributed by atoms with Crippen molar-refractivity contribution in [1.82, 2.24) is 25.7 Å². The van der Waals surface area contributed by atoms with Gasteiger partial charge in [0.25, 0.3) is 5.91 Å². The van der Waals surface area contributed by atoms with Crippen LogP contribution in [0.5, 0.6) is 0 Å². The van der Waals surface area contributed by atoms with Crippen LogP contribution < -0.4 is 10.6 Å². The van der Waals surface area contributed by atoms with E-state index < -0.39 is 52.6 Å². The zero-order chi connectivity index (χ0) is 29.9. The number of carbonyl (C=O) groups excluding carboxylic acids is 3. The van der Waals surface area contributed by atoms with Gasteiger partial charge < -0.3 is 24.8 Å². The fourth-order valence-electron chi connectivity index (χ4n) is 4.63. The molecule has 3 heterocycles. The average molecular weight is 570 g/mol. The van der Waals surface area contributed by atoms with Crippen LogP contribution in [0.15, 0.2) is 53.2 Å². The van der Waals surface area contributed by atoms with Gasteiger partial charge >= 0.3 is 6.09 Å². The van der Waals surface area contributed by atoms with Crippen molar-refractivity contribution in [2.75, 3.05) is 13.1 Å². The maximum Gasteiger partial charge on any atom is 0.410 e. The molecule has 1 aromatic carbocycles. The minimum Gasteiger partial charge on any atom is -0.444 e. The van der Waals surface area contributed by atoms with E-state index in [-0.39, 0.29) is 36.5 Å². The number of carbonyl (C=O) groups is 3. The van der Waals surface area contributed by atoms with Gasteiger partial charge in [0, 0.05) is 37.5 Å².